The Labute approximate surface area is 542 Å². The molecule has 502 valence electrons. The molecule has 3 fully saturated rings. The summed E-state index contributed by atoms with van der Waals surface area (Å²) in [5.74, 6) is -6.00. The number of amides is 1. The molecule has 2 saturated carbocycles. The molecular formula is C75H107NO15. The van der Waals surface area contributed by atoms with E-state index in [0.717, 1.165) is 71.1 Å². The lowest BCUT2D eigenvalue weighted by molar-refractivity contribution is -0.345. The first kappa shape index (κ1) is 76.7. The van der Waals surface area contributed by atoms with E-state index in [1.807, 2.05) is 36.5 Å². The Balaban J connectivity index is 1.60. The van der Waals surface area contributed by atoms with Crippen molar-refractivity contribution in [3.05, 3.63) is 157 Å². The van der Waals surface area contributed by atoms with Crippen LogP contribution in [0.2, 0.25) is 0 Å². The molecule has 4 rings (SSSR count). The number of ether oxygens (including phenoxy) is 6. The van der Waals surface area contributed by atoms with Crippen molar-refractivity contribution < 1.29 is 72.5 Å². The van der Waals surface area contributed by atoms with Crippen molar-refractivity contribution in [3.8, 4) is 0 Å². The number of Topliss-reactive ketones (excluding diaryl/α,β-unsaturated/α-hetero) is 1. The Morgan fingerprint density at radius 3 is 1.42 bits per heavy atom. The van der Waals surface area contributed by atoms with Crippen molar-refractivity contribution >= 4 is 35.8 Å². The van der Waals surface area contributed by atoms with Crippen LogP contribution in [0.1, 0.15) is 192 Å². The van der Waals surface area contributed by atoms with Gasteiger partial charge >= 0.3 is 30.0 Å². The quantitative estimate of drug-likeness (QED) is 0.0263. The maximum absolute atomic E-state index is 16.3. The van der Waals surface area contributed by atoms with E-state index in [9.17, 15) is 39.3 Å². The first-order valence-electron chi connectivity index (χ1n) is 32.9. The summed E-state index contributed by atoms with van der Waals surface area (Å²) < 4.78 is 36.1. The lowest BCUT2D eigenvalue weighted by Crippen LogP contribution is -2.81. The van der Waals surface area contributed by atoms with Crippen LogP contribution < -0.4 is 5.32 Å². The molecule has 2 unspecified atom stereocenters. The summed E-state index contributed by atoms with van der Waals surface area (Å²) in [5.41, 5.74) is -8.79. The highest BCUT2D eigenvalue weighted by Crippen LogP contribution is 2.64. The van der Waals surface area contributed by atoms with Gasteiger partial charge in [0.1, 0.15) is 35.1 Å². The molecule has 16 nitrogen and oxygen atoms in total. The van der Waals surface area contributed by atoms with Gasteiger partial charge in [-0.05, 0) is 143 Å². The van der Waals surface area contributed by atoms with Crippen molar-refractivity contribution in [2.24, 2.45) is 16.7 Å². The van der Waals surface area contributed by atoms with E-state index >= 15 is 4.79 Å². The van der Waals surface area contributed by atoms with Gasteiger partial charge in [0.05, 0.1) is 24.2 Å². The molecule has 1 saturated heterocycles. The molecule has 0 spiro atoms. The van der Waals surface area contributed by atoms with Crippen LogP contribution in [0, 0.1) is 16.7 Å². The number of hydrogen-bond acceptors (Lipinski definition) is 15. The normalized spacial score (nSPS) is 26.9. The molecule has 1 heterocycles. The van der Waals surface area contributed by atoms with E-state index < -0.39 is 118 Å². The van der Waals surface area contributed by atoms with Gasteiger partial charge in [0, 0.05) is 43.9 Å². The Morgan fingerprint density at radius 2 is 1.03 bits per heavy atom. The molecule has 91 heavy (non-hydrogen) atoms. The van der Waals surface area contributed by atoms with Crippen molar-refractivity contribution in [2.45, 2.75) is 251 Å². The number of ketones is 1. The number of aliphatic hydroxyl groups is 3. The molecule has 1 aliphatic heterocycles. The molecule has 1 amide bonds. The molecule has 4 N–H and O–H groups in total. The van der Waals surface area contributed by atoms with Crippen LogP contribution in [0.5, 0.6) is 0 Å². The molecule has 0 aromatic heterocycles. The van der Waals surface area contributed by atoms with E-state index in [2.05, 4.69) is 129 Å². The van der Waals surface area contributed by atoms with Crippen LogP contribution in [0.25, 0.3) is 0 Å². The Morgan fingerprint density at radius 1 is 0.626 bits per heavy atom. The number of carbonyl (C=O) groups excluding carboxylic acids is 6. The third kappa shape index (κ3) is 23.1. The molecule has 11 atom stereocenters. The second-order valence-corrected chi connectivity index (χ2v) is 25.6. The monoisotopic (exact) mass is 1260 g/mol. The van der Waals surface area contributed by atoms with Gasteiger partial charge < -0.3 is 49.1 Å². The topological polar surface area (TPSA) is 231 Å². The number of aliphatic hydroxyl groups excluding tert-OH is 1. The van der Waals surface area contributed by atoms with Gasteiger partial charge in [-0.2, -0.15) is 0 Å². The lowest BCUT2D eigenvalue weighted by atomic mass is 9.44. The van der Waals surface area contributed by atoms with E-state index in [1.54, 1.807) is 41.5 Å². The smallest absolute Gasteiger partial charge is 0.407 e. The first-order chi connectivity index (χ1) is 43.3. The van der Waals surface area contributed by atoms with Crippen molar-refractivity contribution in [2.75, 3.05) is 6.61 Å². The van der Waals surface area contributed by atoms with Crippen LogP contribution in [-0.2, 0) is 52.4 Å². The number of carbonyl (C=O) groups is 6. The minimum absolute atomic E-state index is 0.0132. The van der Waals surface area contributed by atoms with Crippen LogP contribution in [0.4, 0.5) is 4.79 Å². The summed E-state index contributed by atoms with van der Waals surface area (Å²) >= 11 is 0. The van der Waals surface area contributed by atoms with Gasteiger partial charge in [-0.15, -0.1) is 0 Å². The average molecular weight is 1260 g/mol. The SMILES string of the molecule is CC/C=C\C/C=C\C/C=C\C/C=C\C/C=C\C/C=C\CCC(=O)O[C@H]1C(=O)[C@]2(C)[C@@H](OC(=O)CC/C=C\C/C=C\C/C=C\C/C=C\C/C=C\C/C=C\CC)C[C@H]3OC[C@@]3(O)[C@H]2[C@H](OC(C)=O)[C@]2(O)CC(OC(=O)C(O)[C@H](C)NC(=O)OC(C)(C)C)C(C)=C1C2(C)C. The standard InChI is InChI=1S/C75H107NO15/c1-12-14-16-18-20-22-24-26-28-30-32-34-36-38-40-42-44-46-48-50-61(78)89-59-52-60-74(84,54-86-60)66-68(87-57(5)77)75(85)53-58(88-69(82)64(80)56(4)76-70(83)91-71(6,7)8)55(3)63(72(75,9)10)65(67(81)73(59,66)11)90-62(79)51-49-47-45-43-41-39-37-35-33-31-29-27-25-23-21-19-17-15-13-2/h14-17,20-23,26-29,32-35,38-41,44-47,56,58-60,64-66,68,80,84-85H,12-13,18-19,24-25,30-31,36-37,42-43,48-54H2,1-11H3,(H,76,83)/b16-14-,17-15-,22-20-,23-21-,28-26-,29-27-,34-32-,35-33-,40-38-,41-39-,46-44-,47-45-/t56-,58?,59-,60+,64?,65+,66-,68-,73+,74-,75+/m0/s1. The fourth-order valence-corrected chi connectivity index (χ4v) is 12.1. The number of allylic oxidation sites excluding steroid dienone is 24. The second-order valence-electron chi connectivity index (χ2n) is 25.6. The minimum atomic E-state index is -2.37. The molecule has 0 aromatic carbocycles. The van der Waals surface area contributed by atoms with E-state index in [-0.39, 0.29) is 43.4 Å². The van der Waals surface area contributed by atoms with Gasteiger partial charge in [0.15, 0.2) is 18.0 Å². The molecule has 3 aliphatic carbocycles. The van der Waals surface area contributed by atoms with E-state index in [4.69, 9.17) is 28.4 Å². The largest absolute Gasteiger partial charge is 0.461 e. The molecule has 0 radical (unpaired) electrons. The lowest BCUT2D eigenvalue weighted by Gasteiger charge is -2.67. The van der Waals surface area contributed by atoms with Gasteiger partial charge in [-0.3, -0.25) is 19.2 Å². The second kappa shape index (κ2) is 38.3. The zero-order chi connectivity index (χ0) is 67.1. The number of rotatable bonds is 35. The highest BCUT2D eigenvalue weighted by atomic mass is 16.6. The fraction of sp³-hybridized carbons (Fsp3) is 0.573. The maximum atomic E-state index is 16.3. The Kier molecular flexibility index (Phi) is 32.3. The van der Waals surface area contributed by atoms with E-state index in [0.29, 0.717) is 19.3 Å². The third-order valence-electron chi connectivity index (χ3n) is 17.1. The molecule has 2 bridgehead atoms. The zero-order valence-corrected chi connectivity index (χ0v) is 56.2. The third-order valence-corrected chi connectivity index (χ3v) is 17.1. The number of hydrogen-bond donors (Lipinski definition) is 4. The molecule has 16 heteroatoms. The maximum Gasteiger partial charge on any atom is 0.407 e. The van der Waals surface area contributed by atoms with Gasteiger partial charge in [0.25, 0.3) is 0 Å². The summed E-state index contributed by atoms with van der Waals surface area (Å²) in [5, 5.41) is 40.4. The van der Waals surface area contributed by atoms with Crippen LogP contribution in [0.3, 0.4) is 0 Å². The highest BCUT2D eigenvalue weighted by molar-refractivity contribution is 5.95. The number of esters is 4. The van der Waals surface area contributed by atoms with Crippen molar-refractivity contribution in [1.29, 1.82) is 0 Å². The van der Waals surface area contributed by atoms with Gasteiger partial charge in [-0.25, -0.2) is 9.59 Å². The summed E-state index contributed by atoms with van der Waals surface area (Å²) in [6.07, 6.45) is 49.4. The predicted octanol–water partition coefficient (Wildman–Crippen LogP) is 14.1. The summed E-state index contributed by atoms with van der Waals surface area (Å²) in [7, 11) is 0. The average Bonchev–Trinajstić information content (AvgIpc) is 0.674. The molecule has 0 aromatic rings. The van der Waals surface area contributed by atoms with Crippen LogP contribution in [0.15, 0.2) is 157 Å². The summed E-state index contributed by atoms with van der Waals surface area (Å²) in [4.78, 5) is 84.8. The number of alkyl carbamates (subject to hydrolysis) is 1. The van der Waals surface area contributed by atoms with Crippen LogP contribution in [-0.4, -0.2) is 117 Å². The van der Waals surface area contributed by atoms with Crippen molar-refractivity contribution in [1.82, 2.24) is 5.32 Å². The molecule has 4 aliphatic rings. The Hall–Kier alpha value is -6.72. The summed E-state index contributed by atoms with van der Waals surface area (Å²) in [6, 6.07) is -1.24. The van der Waals surface area contributed by atoms with Gasteiger partial charge in [-0.1, -0.05) is 174 Å². The van der Waals surface area contributed by atoms with Crippen LogP contribution >= 0.6 is 0 Å². The Bertz CT molecular complexity index is 2800. The minimum Gasteiger partial charge on any atom is -0.461 e. The summed E-state index contributed by atoms with van der Waals surface area (Å²) in [6.45, 7) is 17.5. The van der Waals surface area contributed by atoms with Gasteiger partial charge in [0.2, 0.25) is 0 Å². The molecular weight excluding hydrogens is 1150 g/mol. The van der Waals surface area contributed by atoms with Crippen molar-refractivity contribution in [3.63, 3.8) is 0 Å². The van der Waals surface area contributed by atoms with E-state index in [1.165, 1.54) is 13.8 Å². The number of fused-ring (bicyclic) bond motifs is 5. The highest BCUT2D eigenvalue weighted by Gasteiger charge is 2.77. The first-order valence-corrected chi connectivity index (χ1v) is 32.9. The zero-order valence-electron chi connectivity index (χ0n) is 56.2. The fourth-order valence-electron chi connectivity index (χ4n) is 12.1. The predicted molar refractivity (Wildman–Crippen MR) is 357 cm³/mol. The number of nitrogens with one attached hydrogen (secondary N) is 1.